The summed E-state index contributed by atoms with van der Waals surface area (Å²) in [5.74, 6) is 0. The molecule has 1 aromatic heterocycles. The first kappa shape index (κ1) is 11.6. The molecule has 0 unspecified atom stereocenters. The predicted octanol–water partition coefficient (Wildman–Crippen LogP) is 2.33. The van der Waals surface area contributed by atoms with E-state index in [-0.39, 0.29) is 5.56 Å². The number of aromatic nitrogens is 2. The monoisotopic (exact) mass is 382 g/mol. The van der Waals surface area contributed by atoms with Crippen molar-refractivity contribution in [3.63, 3.8) is 0 Å². The minimum atomic E-state index is 0.0929. The van der Waals surface area contributed by atoms with Gasteiger partial charge in [0.05, 0.1) is 15.6 Å². The standard InChI is InChI=1S/C10H12BrIN2O/c1-7-8(12)9(15)14(6-13-7)5-10(4-11)2-3-10/h6H,2-5H2,1H3. The molecule has 0 N–H and O–H groups in total. The van der Waals surface area contributed by atoms with Gasteiger partial charge in [0.15, 0.2) is 0 Å². The Bertz CT molecular complexity index is 440. The summed E-state index contributed by atoms with van der Waals surface area (Å²) in [6.45, 7) is 2.66. The molecule has 0 aromatic carbocycles. The summed E-state index contributed by atoms with van der Waals surface area (Å²) in [7, 11) is 0. The quantitative estimate of drug-likeness (QED) is 0.594. The summed E-state index contributed by atoms with van der Waals surface area (Å²) in [4.78, 5) is 16.1. The molecule has 0 saturated heterocycles. The Morgan fingerprint density at radius 1 is 1.67 bits per heavy atom. The molecular formula is C10H12BrIN2O. The molecule has 0 spiro atoms. The van der Waals surface area contributed by atoms with Crippen molar-refractivity contribution < 1.29 is 0 Å². The van der Waals surface area contributed by atoms with Gasteiger partial charge in [-0.25, -0.2) is 4.98 Å². The van der Waals surface area contributed by atoms with Crippen LogP contribution in [0.4, 0.5) is 0 Å². The lowest BCUT2D eigenvalue weighted by atomic mass is 10.1. The minimum absolute atomic E-state index is 0.0929. The lowest BCUT2D eigenvalue weighted by Gasteiger charge is -2.13. The van der Waals surface area contributed by atoms with Gasteiger partial charge in [0, 0.05) is 11.9 Å². The normalized spacial score (nSPS) is 17.8. The molecule has 0 radical (unpaired) electrons. The van der Waals surface area contributed by atoms with Gasteiger partial charge in [-0.3, -0.25) is 9.36 Å². The van der Waals surface area contributed by atoms with E-state index in [0.29, 0.717) is 5.41 Å². The van der Waals surface area contributed by atoms with Gasteiger partial charge in [-0.1, -0.05) is 15.9 Å². The van der Waals surface area contributed by atoms with Crippen molar-refractivity contribution in [1.82, 2.24) is 9.55 Å². The third-order valence-electron chi connectivity index (χ3n) is 2.90. The molecule has 0 bridgehead atoms. The van der Waals surface area contributed by atoms with Crippen molar-refractivity contribution in [2.75, 3.05) is 5.33 Å². The molecule has 1 fully saturated rings. The van der Waals surface area contributed by atoms with Gasteiger partial charge >= 0.3 is 0 Å². The molecular weight excluding hydrogens is 371 g/mol. The Balaban J connectivity index is 2.30. The zero-order valence-corrected chi connectivity index (χ0v) is 12.2. The predicted molar refractivity (Wildman–Crippen MR) is 71.4 cm³/mol. The average molecular weight is 383 g/mol. The van der Waals surface area contributed by atoms with Crippen molar-refractivity contribution in [2.45, 2.75) is 26.3 Å². The molecule has 1 saturated carbocycles. The number of alkyl halides is 1. The lowest BCUT2D eigenvalue weighted by molar-refractivity contribution is 0.459. The highest BCUT2D eigenvalue weighted by Gasteiger charge is 2.42. The van der Waals surface area contributed by atoms with Crippen molar-refractivity contribution >= 4 is 38.5 Å². The summed E-state index contributed by atoms with van der Waals surface area (Å²) in [6.07, 6.45) is 4.08. The van der Waals surface area contributed by atoms with E-state index >= 15 is 0 Å². The van der Waals surface area contributed by atoms with Crippen molar-refractivity contribution in [3.05, 3.63) is 25.9 Å². The molecule has 0 aliphatic heterocycles. The molecule has 1 aromatic rings. The highest BCUT2D eigenvalue weighted by molar-refractivity contribution is 14.1. The van der Waals surface area contributed by atoms with Gasteiger partial charge in [-0.15, -0.1) is 0 Å². The van der Waals surface area contributed by atoms with Crippen LogP contribution in [-0.4, -0.2) is 14.9 Å². The summed E-state index contributed by atoms with van der Waals surface area (Å²) in [5, 5.41) is 0.969. The first-order valence-corrected chi connectivity index (χ1v) is 7.05. The van der Waals surface area contributed by atoms with Gasteiger partial charge in [-0.05, 0) is 47.8 Å². The summed E-state index contributed by atoms with van der Waals surface area (Å²) < 4.78 is 2.48. The van der Waals surface area contributed by atoms with Crippen LogP contribution in [0.3, 0.4) is 0 Å². The minimum Gasteiger partial charge on any atom is -0.298 e. The first-order valence-electron chi connectivity index (χ1n) is 4.85. The fourth-order valence-electron chi connectivity index (χ4n) is 1.53. The maximum absolute atomic E-state index is 11.9. The van der Waals surface area contributed by atoms with Gasteiger partial charge in [0.25, 0.3) is 5.56 Å². The van der Waals surface area contributed by atoms with Crippen LogP contribution in [0.15, 0.2) is 11.1 Å². The van der Waals surface area contributed by atoms with E-state index in [1.54, 1.807) is 10.9 Å². The van der Waals surface area contributed by atoms with E-state index in [2.05, 4.69) is 43.5 Å². The van der Waals surface area contributed by atoms with Gasteiger partial charge in [0.1, 0.15) is 0 Å². The zero-order valence-electron chi connectivity index (χ0n) is 8.46. The van der Waals surface area contributed by atoms with Crippen molar-refractivity contribution in [3.8, 4) is 0 Å². The number of nitrogens with zero attached hydrogens (tertiary/aromatic N) is 2. The third-order valence-corrected chi connectivity index (χ3v) is 5.33. The van der Waals surface area contributed by atoms with Crippen molar-refractivity contribution in [2.24, 2.45) is 5.41 Å². The van der Waals surface area contributed by atoms with Crippen LogP contribution >= 0.6 is 38.5 Å². The number of rotatable bonds is 3. The Morgan fingerprint density at radius 2 is 2.33 bits per heavy atom. The summed E-state index contributed by atoms with van der Waals surface area (Å²) in [6, 6.07) is 0. The molecule has 0 amide bonds. The van der Waals surface area contributed by atoms with Gasteiger partial charge < -0.3 is 0 Å². The molecule has 15 heavy (non-hydrogen) atoms. The van der Waals surface area contributed by atoms with E-state index in [4.69, 9.17) is 0 Å². The molecule has 1 aliphatic carbocycles. The molecule has 5 heteroatoms. The molecule has 3 nitrogen and oxygen atoms in total. The van der Waals surface area contributed by atoms with E-state index in [0.717, 1.165) is 21.1 Å². The number of aryl methyl sites for hydroxylation is 1. The lowest BCUT2D eigenvalue weighted by Crippen LogP contribution is -2.28. The number of hydrogen-bond donors (Lipinski definition) is 0. The topological polar surface area (TPSA) is 34.9 Å². The van der Waals surface area contributed by atoms with Crippen LogP contribution in [0.1, 0.15) is 18.5 Å². The van der Waals surface area contributed by atoms with E-state index in [1.165, 1.54) is 12.8 Å². The Hall–Kier alpha value is 0.0900. The molecule has 2 rings (SSSR count). The smallest absolute Gasteiger partial charge is 0.267 e. The van der Waals surface area contributed by atoms with E-state index < -0.39 is 0 Å². The third kappa shape index (κ3) is 2.27. The maximum Gasteiger partial charge on any atom is 0.267 e. The van der Waals surface area contributed by atoms with Crippen LogP contribution in [-0.2, 0) is 6.54 Å². The first-order chi connectivity index (χ1) is 7.08. The SMILES string of the molecule is Cc1ncn(CC2(CBr)CC2)c(=O)c1I. The molecule has 82 valence electrons. The van der Waals surface area contributed by atoms with Crippen LogP contribution in [0.5, 0.6) is 0 Å². The van der Waals surface area contributed by atoms with Crippen LogP contribution in [0.25, 0.3) is 0 Å². The average Bonchev–Trinajstić information content (AvgIpc) is 3.00. The van der Waals surface area contributed by atoms with Crippen LogP contribution in [0.2, 0.25) is 0 Å². The fraction of sp³-hybridized carbons (Fsp3) is 0.600. The molecule has 1 aliphatic rings. The van der Waals surface area contributed by atoms with E-state index in [1.807, 2.05) is 6.92 Å². The van der Waals surface area contributed by atoms with Gasteiger partial charge in [0.2, 0.25) is 0 Å². The summed E-state index contributed by atoms with van der Waals surface area (Å²) in [5.41, 5.74) is 1.22. The fourth-order valence-corrected chi connectivity index (χ4v) is 2.72. The van der Waals surface area contributed by atoms with Gasteiger partial charge in [-0.2, -0.15) is 0 Å². The van der Waals surface area contributed by atoms with Crippen LogP contribution < -0.4 is 5.56 Å². The van der Waals surface area contributed by atoms with Crippen molar-refractivity contribution in [1.29, 1.82) is 0 Å². The highest BCUT2D eigenvalue weighted by atomic mass is 127. The zero-order chi connectivity index (χ0) is 11.1. The second kappa shape index (κ2) is 4.16. The number of halogens is 2. The Morgan fingerprint density at radius 3 is 2.87 bits per heavy atom. The second-order valence-electron chi connectivity index (χ2n) is 4.21. The maximum atomic E-state index is 11.9. The van der Waals surface area contributed by atoms with E-state index in [9.17, 15) is 4.79 Å². The Labute approximate surface area is 111 Å². The Kier molecular flexibility index (Phi) is 3.21. The molecule has 0 atom stereocenters. The highest BCUT2D eigenvalue weighted by Crippen LogP contribution is 2.48. The summed E-state index contributed by atoms with van der Waals surface area (Å²) >= 11 is 5.58. The molecule has 1 heterocycles. The van der Waals surface area contributed by atoms with Crippen LogP contribution in [0, 0.1) is 15.9 Å². The number of hydrogen-bond acceptors (Lipinski definition) is 2. The second-order valence-corrected chi connectivity index (χ2v) is 5.85. The largest absolute Gasteiger partial charge is 0.298 e.